The average Bonchev–Trinajstić information content (AvgIpc) is 2.68. The summed E-state index contributed by atoms with van der Waals surface area (Å²) < 4.78 is 18.9. The molecule has 6 nitrogen and oxygen atoms in total. The Morgan fingerprint density at radius 3 is 2.74 bits per heavy atom. The van der Waals surface area contributed by atoms with E-state index in [1.165, 1.54) is 12.1 Å². The first-order chi connectivity index (χ1) is 13.1. The van der Waals surface area contributed by atoms with Gasteiger partial charge in [0.15, 0.2) is 5.96 Å². The van der Waals surface area contributed by atoms with E-state index in [1.807, 2.05) is 18.3 Å². The summed E-state index contributed by atoms with van der Waals surface area (Å²) in [6.07, 6.45) is 2.04. The van der Waals surface area contributed by atoms with Crippen molar-refractivity contribution in [2.45, 2.75) is 26.1 Å². The normalized spacial score (nSPS) is 17.7. The summed E-state index contributed by atoms with van der Waals surface area (Å²) in [6.45, 7) is 5.63. The molecule has 27 heavy (non-hydrogen) atoms. The number of morpholine rings is 1. The van der Waals surface area contributed by atoms with Gasteiger partial charge in [0.25, 0.3) is 0 Å². The molecule has 1 aromatic carbocycles. The summed E-state index contributed by atoms with van der Waals surface area (Å²) in [4.78, 5) is 11.0. The third-order valence-corrected chi connectivity index (χ3v) is 4.41. The van der Waals surface area contributed by atoms with Crippen molar-refractivity contribution >= 4 is 11.8 Å². The Labute approximate surface area is 159 Å². The minimum atomic E-state index is -0.237. The van der Waals surface area contributed by atoms with Crippen LogP contribution in [0.4, 0.5) is 10.2 Å². The molecule has 1 aromatic heterocycles. The van der Waals surface area contributed by atoms with Gasteiger partial charge in [0.1, 0.15) is 11.6 Å². The first-order valence-corrected chi connectivity index (χ1v) is 9.14. The van der Waals surface area contributed by atoms with Crippen LogP contribution in [0, 0.1) is 5.82 Å². The number of halogens is 1. The third kappa shape index (κ3) is 5.65. The van der Waals surface area contributed by atoms with Crippen LogP contribution in [-0.4, -0.2) is 43.8 Å². The topological polar surface area (TPSA) is 61.8 Å². The van der Waals surface area contributed by atoms with E-state index in [1.54, 1.807) is 13.1 Å². The number of aliphatic imine (C=N–C) groups is 1. The molecule has 1 fully saturated rings. The molecule has 0 spiro atoms. The zero-order valence-corrected chi connectivity index (χ0v) is 15.8. The summed E-state index contributed by atoms with van der Waals surface area (Å²) in [5.41, 5.74) is 1.98. The lowest BCUT2D eigenvalue weighted by molar-refractivity contribution is 0.0529. The molecule has 3 rings (SSSR count). The molecule has 2 aromatic rings. The standard InChI is InChI=1S/C20H26FN5O/c1-15-14-26(8-9-27-15)19-11-17(6-7-23-19)13-25-20(22-2)24-12-16-4-3-5-18(21)10-16/h3-7,10-11,15H,8-9,12-14H2,1-2H3,(H2,22,24,25). The summed E-state index contributed by atoms with van der Waals surface area (Å²) in [7, 11) is 1.72. The highest BCUT2D eigenvalue weighted by Gasteiger charge is 2.18. The van der Waals surface area contributed by atoms with Crippen molar-refractivity contribution in [1.82, 2.24) is 15.6 Å². The fourth-order valence-electron chi connectivity index (χ4n) is 3.01. The lowest BCUT2D eigenvalue weighted by Crippen LogP contribution is -2.41. The second kappa shape index (κ2) is 9.32. The van der Waals surface area contributed by atoms with E-state index in [0.717, 1.165) is 36.6 Å². The van der Waals surface area contributed by atoms with Crippen LogP contribution in [0.1, 0.15) is 18.1 Å². The smallest absolute Gasteiger partial charge is 0.191 e. The highest BCUT2D eigenvalue weighted by atomic mass is 19.1. The number of guanidine groups is 1. The molecule has 1 saturated heterocycles. The Balaban J connectivity index is 1.54. The summed E-state index contributed by atoms with van der Waals surface area (Å²) in [5, 5.41) is 6.48. The molecule has 2 heterocycles. The third-order valence-electron chi connectivity index (χ3n) is 4.41. The highest BCUT2D eigenvalue weighted by molar-refractivity contribution is 5.79. The SMILES string of the molecule is CN=C(NCc1cccc(F)c1)NCc1ccnc(N2CCOC(C)C2)c1. The van der Waals surface area contributed by atoms with E-state index >= 15 is 0 Å². The first-order valence-electron chi connectivity index (χ1n) is 9.14. The number of aromatic nitrogens is 1. The molecule has 0 saturated carbocycles. The van der Waals surface area contributed by atoms with E-state index in [2.05, 4.69) is 38.5 Å². The monoisotopic (exact) mass is 371 g/mol. The maximum atomic E-state index is 13.3. The number of rotatable bonds is 5. The van der Waals surface area contributed by atoms with Gasteiger partial charge in [0.05, 0.1) is 12.7 Å². The van der Waals surface area contributed by atoms with Crippen LogP contribution < -0.4 is 15.5 Å². The van der Waals surface area contributed by atoms with Gasteiger partial charge in [-0.2, -0.15) is 0 Å². The summed E-state index contributed by atoms with van der Waals surface area (Å²) in [6, 6.07) is 10.6. The molecule has 1 aliphatic rings. The zero-order chi connectivity index (χ0) is 19.1. The summed E-state index contributed by atoms with van der Waals surface area (Å²) in [5.74, 6) is 1.39. The number of nitrogens with one attached hydrogen (secondary N) is 2. The predicted octanol–water partition coefficient (Wildman–Crippen LogP) is 2.31. The van der Waals surface area contributed by atoms with E-state index < -0.39 is 0 Å². The number of anilines is 1. The second-order valence-corrected chi connectivity index (χ2v) is 6.56. The van der Waals surface area contributed by atoms with Crippen LogP contribution in [0.15, 0.2) is 47.6 Å². The maximum Gasteiger partial charge on any atom is 0.191 e. The fourth-order valence-corrected chi connectivity index (χ4v) is 3.01. The molecule has 0 bridgehead atoms. The summed E-state index contributed by atoms with van der Waals surface area (Å²) >= 11 is 0. The number of hydrogen-bond donors (Lipinski definition) is 2. The molecular formula is C20H26FN5O. The van der Waals surface area contributed by atoms with Crippen LogP contribution in [0.5, 0.6) is 0 Å². The number of ether oxygens (including phenoxy) is 1. The van der Waals surface area contributed by atoms with E-state index in [-0.39, 0.29) is 11.9 Å². The van der Waals surface area contributed by atoms with E-state index in [9.17, 15) is 4.39 Å². The van der Waals surface area contributed by atoms with E-state index in [0.29, 0.717) is 19.0 Å². The van der Waals surface area contributed by atoms with Crippen LogP contribution in [0.2, 0.25) is 0 Å². The van der Waals surface area contributed by atoms with Gasteiger partial charge in [0.2, 0.25) is 0 Å². The molecule has 1 unspecified atom stereocenters. The van der Waals surface area contributed by atoms with Crippen LogP contribution in [-0.2, 0) is 17.8 Å². The van der Waals surface area contributed by atoms with Gasteiger partial charge in [0, 0.05) is 39.4 Å². The Kier molecular flexibility index (Phi) is 6.59. The van der Waals surface area contributed by atoms with Gasteiger partial charge in [-0.1, -0.05) is 12.1 Å². The molecule has 1 aliphatic heterocycles. The van der Waals surface area contributed by atoms with Crippen molar-refractivity contribution in [2.75, 3.05) is 31.6 Å². The van der Waals surface area contributed by atoms with Gasteiger partial charge in [-0.05, 0) is 42.3 Å². The average molecular weight is 371 g/mol. The van der Waals surface area contributed by atoms with Crippen LogP contribution >= 0.6 is 0 Å². The van der Waals surface area contributed by atoms with Gasteiger partial charge in [-0.15, -0.1) is 0 Å². The quantitative estimate of drug-likeness (QED) is 0.624. The Morgan fingerprint density at radius 1 is 1.26 bits per heavy atom. The molecule has 0 amide bonds. The number of hydrogen-bond acceptors (Lipinski definition) is 4. The minimum absolute atomic E-state index is 0.216. The second-order valence-electron chi connectivity index (χ2n) is 6.56. The highest BCUT2D eigenvalue weighted by Crippen LogP contribution is 2.16. The molecule has 144 valence electrons. The Hall–Kier alpha value is -2.67. The number of nitrogens with zero attached hydrogens (tertiary/aromatic N) is 3. The fraction of sp³-hybridized carbons (Fsp3) is 0.400. The van der Waals surface area contributed by atoms with Crippen molar-refractivity contribution in [3.8, 4) is 0 Å². The van der Waals surface area contributed by atoms with Gasteiger partial charge < -0.3 is 20.3 Å². The maximum absolute atomic E-state index is 13.3. The van der Waals surface area contributed by atoms with Crippen molar-refractivity contribution in [2.24, 2.45) is 4.99 Å². The largest absolute Gasteiger partial charge is 0.375 e. The van der Waals surface area contributed by atoms with E-state index in [4.69, 9.17) is 4.74 Å². The molecule has 0 aliphatic carbocycles. The molecular weight excluding hydrogens is 345 g/mol. The molecule has 1 atom stereocenters. The zero-order valence-electron chi connectivity index (χ0n) is 15.8. The Morgan fingerprint density at radius 2 is 2.04 bits per heavy atom. The lowest BCUT2D eigenvalue weighted by Gasteiger charge is -2.32. The lowest BCUT2D eigenvalue weighted by atomic mass is 10.2. The number of pyridine rings is 1. The van der Waals surface area contributed by atoms with Crippen LogP contribution in [0.25, 0.3) is 0 Å². The molecule has 0 radical (unpaired) electrons. The molecule has 2 N–H and O–H groups in total. The van der Waals surface area contributed by atoms with Gasteiger partial charge in [-0.25, -0.2) is 9.37 Å². The Bertz CT molecular complexity index is 782. The van der Waals surface area contributed by atoms with Crippen molar-refractivity contribution in [3.05, 3.63) is 59.5 Å². The van der Waals surface area contributed by atoms with Crippen molar-refractivity contribution in [3.63, 3.8) is 0 Å². The minimum Gasteiger partial charge on any atom is -0.375 e. The first kappa shape index (κ1) is 19.1. The van der Waals surface area contributed by atoms with Gasteiger partial charge >= 0.3 is 0 Å². The number of benzene rings is 1. The van der Waals surface area contributed by atoms with Crippen LogP contribution in [0.3, 0.4) is 0 Å². The van der Waals surface area contributed by atoms with Crippen molar-refractivity contribution < 1.29 is 9.13 Å². The van der Waals surface area contributed by atoms with Crippen molar-refractivity contribution in [1.29, 1.82) is 0 Å². The van der Waals surface area contributed by atoms with Gasteiger partial charge in [-0.3, -0.25) is 4.99 Å². The molecule has 7 heteroatoms. The predicted molar refractivity (Wildman–Crippen MR) is 105 cm³/mol.